The van der Waals surface area contributed by atoms with Gasteiger partial charge in [0, 0.05) is 0 Å². The van der Waals surface area contributed by atoms with Gasteiger partial charge in [-0.2, -0.15) is 0 Å². The normalized spacial score (nSPS) is 12.5. The highest BCUT2D eigenvalue weighted by Gasteiger charge is 2.27. The van der Waals surface area contributed by atoms with Gasteiger partial charge in [-0.05, 0) is 11.8 Å². The van der Waals surface area contributed by atoms with Crippen molar-refractivity contribution in [2.24, 2.45) is 11.8 Å². The Morgan fingerprint density at radius 3 is 1.88 bits per heavy atom. The summed E-state index contributed by atoms with van der Waals surface area (Å²) in [6, 6.07) is 0. The van der Waals surface area contributed by atoms with Crippen molar-refractivity contribution in [2.75, 3.05) is 13.2 Å². The summed E-state index contributed by atoms with van der Waals surface area (Å²) < 4.78 is 14.7. The zero-order valence-electron chi connectivity index (χ0n) is 15.0. The molecule has 7 nitrogen and oxygen atoms in total. The average molecular weight is 366 g/mol. The van der Waals surface area contributed by atoms with Gasteiger partial charge in [-0.25, -0.2) is 5.26 Å². The van der Waals surface area contributed by atoms with Crippen LogP contribution in [0.25, 0.3) is 0 Å². The van der Waals surface area contributed by atoms with Crippen molar-refractivity contribution >= 4 is 24.0 Å². The monoisotopic (exact) mass is 366 g/mol. The average Bonchev–Trinajstić information content (AvgIpc) is 2.60. The summed E-state index contributed by atoms with van der Waals surface area (Å²) in [5.74, 6) is -0.529. The van der Waals surface area contributed by atoms with E-state index in [0.29, 0.717) is 24.6 Å². The molecule has 0 heterocycles. The number of hydrogen-bond donors (Lipinski definition) is 1. The number of carbonyl (C=O) groups is 2. The molecule has 0 saturated carbocycles. The first-order valence-corrected chi connectivity index (χ1v) is 9.28. The smallest absolute Gasteiger partial charge is 0.322 e. The van der Waals surface area contributed by atoms with E-state index in [1.165, 1.54) is 0 Å². The van der Waals surface area contributed by atoms with Gasteiger partial charge in [0.15, 0.2) is 0 Å². The summed E-state index contributed by atoms with van der Waals surface area (Å²) >= 11 is 0.523. The van der Waals surface area contributed by atoms with Crippen LogP contribution in [0.5, 0.6) is 0 Å². The molecule has 0 aliphatic rings. The number of carbonyl (C=O) groups excluding carboxylic acids is 2. The lowest BCUT2D eigenvalue weighted by atomic mass is 10.1. The Bertz CT molecular complexity index is 343. The van der Waals surface area contributed by atoms with Crippen molar-refractivity contribution in [3.63, 3.8) is 0 Å². The summed E-state index contributed by atoms with van der Waals surface area (Å²) in [5, 5.41) is 10.8. The Balaban J connectivity index is 4.47. The third-order valence-corrected chi connectivity index (χ3v) is 4.78. The van der Waals surface area contributed by atoms with Crippen LogP contribution in [0.4, 0.5) is 0 Å². The topological polar surface area (TPSA) is 91.3 Å². The van der Waals surface area contributed by atoms with E-state index in [1.54, 1.807) is 0 Å². The van der Waals surface area contributed by atoms with Gasteiger partial charge < -0.3 is 9.47 Å². The molecular weight excluding hydrogens is 336 g/mol. The largest absolute Gasteiger partial charge is 0.465 e. The maximum absolute atomic E-state index is 12.1. The molecule has 1 unspecified atom stereocenters. The van der Waals surface area contributed by atoms with Crippen LogP contribution in [0.3, 0.4) is 0 Å². The van der Waals surface area contributed by atoms with Crippen molar-refractivity contribution in [1.82, 2.24) is 0 Å². The molecule has 0 aliphatic carbocycles. The van der Waals surface area contributed by atoms with Gasteiger partial charge in [-0.3, -0.25) is 9.59 Å². The SMILES string of the molecule is CCC(CC)COC(=O)CC(SOOO)C(=O)OCC(CC)CC. The third kappa shape index (κ3) is 10.1. The molecule has 0 aromatic heterocycles. The minimum absolute atomic E-state index is 0.212. The third-order valence-electron chi connectivity index (χ3n) is 4.05. The van der Waals surface area contributed by atoms with E-state index in [2.05, 4.69) is 9.37 Å². The van der Waals surface area contributed by atoms with Crippen LogP contribution in [0.15, 0.2) is 0 Å². The van der Waals surface area contributed by atoms with Crippen LogP contribution in [0, 0.1) is 11.8 Å². The number of hydrogen-bond acceptors (Lipinski definition) is 8. The Hall–Kier alpha value is -0.830. The molecule has 0 fully saturated rings. The molecule has 1 N–H and O–H groups in total. The van der Waals surface area contributed by atoms with Crippen LogP contribution < -0.4 is 0 Å². The van der Waals surface area contributed by atoms with E-state index in [4.69, 9.17) is 14.7 Å². The standard InChI is InChI=1S/C16H30O7S/c1-5-12(6-2)10-20-15(17)9-14(24-23-22-19)16(18)21-11-13(7-3)8-4/h12-14,19H,5-11H2,1-4H3. The van der Waals surface area contributed by atoms with E-state index in [1.807, 2.05) is 27.7 Å². The fourth-order valence-electron chi connectivity index (χ4n) is 1.98. The van der Waals surface area contributed by atoms with Crippen LogP contribution in [-0.4, -0.2) is 35.7 Å². The molecule has 0 rings (SSSR count). The first-order valence-electron chi connectivity index (χ1n) is 8.47. The van der Waals surface area contributed by atoms with E-state index in [0.717, 1.165) is 25.7 Å². The maximum Gasteiger partial charge on any atom is 0.322 e. The van der Waals surface area contributed by atoms with Crippen molar-refractivity contribution in [1.29, 1.82) is 0 Å². The molecule has 1 atom stereocenters. The second-order valence-electron chi connectivity index (χ2n) is 5.61. The lowest BCUT2D eigenvalue weighted by Crippen LogP contribution is -2.27. The van der Waals surface area contributed by atoms with Gasteiger partial charge in [-0.15, -0.1) is 4.33 Å². The fourth-order valence-corrected chi connectivity index (χ4v) is 2.47. The van der Waals surface area contributed by atoms with Gasteiger partial charge in [0.25, 0.3) is 0 Å². The van der Waals surface area contributed by atoms with E-state index >= 15 is 0 Å². The molecule has 0 amide bonds. The molecule has 0 radical (unpaired) electrons. The Morgan fingerprint density at radius 1 is 0.917 bits per heavy atom. The molecular formula is C16H30O7S. The van der Waals surface area contributed by atoms with Gasteiger partial charge in [0.2, 0.25) is 0 Å². The molecule has 8 heteroatoms. The lowest BCUT2D eigenvalue weighted by Gasteiger charge is -2.17. The van der Waals surface area contributed by atoms with E-state index in [9.17, 15) is 9.59 Å². The first-order chi connectivity index (χ1) is 11.5. The summed E-state index contributed by atoms with van der Waals surface area (Å²) in [7, 11) is 0. The minimum Gasteiger partial charge on any atom is -0.465 e. The number of ether oxygens (including phenoxy) is 2. The zero-order chi connectivity index (χ0) is 18.4. The second-order valence-corrected chi connectivity index (χ2v) is 6.51. The highest BCUT2D eigenvalue weighted by Crippen LogP contribution is 2.20. The van der Waals surface area contributed by atoms with Crippen LogP contribution in [0.1, 0.15) is 59.8 Å². The minimum atomic E-state index is -0.958. The quantitative estimate of drug-likeness (QED) is 0.215. The van der Waals surface area contributed by atoms with Crippen molar-refractivity contribution < 1.29 is 33.7 Å². The summed E-state index contributed by atoms with van der Waals surface area (Å²) in [6.45, 7) is 8.71. The predicted octanol–water partition coefficient (Wildman–Crippen LogP) is 3.77. The van der Waals surface area contributed by atoms with Crippen molar-refractivity contribution in [3.05, 3.63) is 0 Å². The van der Waals surface area contributed by atoms with Gasteiger partial charge in [-0.1, -0.05) is 58.4 Å². The van der Waals surface area contributed by atoms with Gasteiger partial charge in [0.1, 0.15) is 5.25 Å². The van der Waals surface area contributed by atoms with E-state index in [-0.39, 0.29) is 18.9 Å². The first kappa shape index (κ1) is 23.2. The van der Waals surface area contributed by atoms with E-state index < -0.39 is 17.2 Å². The lowest BCUT2D eigenvalue weighted by molar-refractivity contribution is -0.432. The summed E-state index contributed by atoms with van der Waals surface area (Å²) in [6.07, 6.45) is 3.42. The molecule has 0 saturated heterocycles. The predicted molar refractivity (Wildman–Crippen MR) is 90.9 cm³/mol. The maximum atomic E-state index is 12.1. The zero-order valence-corrected chi connectivity index (χ0v) is 15.8. The van der Waals surface area contributed by atoms with Crippen molar-refractivity contribution in [2.45, 2.75) is 65.0 Å². The van der Waals surface area contributed by atoms with Gasteiger partial charge in [0.05, 0.1) is 31.7 Å². The van der Waals surface area contributed by atoms with Crippen molar-refractivity contribution in [3.8, 4) is 0 Å². The fraction of sp³-hybridized carbons (Fsp3) is 0.875. The Morgan fingerprint density at radius 2 is 1.42 bits per heavy atom. The Kier molecular flexibility index (Phi) is 14.0. The summed E-state index contributed by atoms with van der Waals surface area (Å²) in [4.78, 5) is 24.0. The molecule has 0 aromatic rings. The summed E-state index contributed by atoms with van der Waals surface area (Å²) in [5.41, 5.74) is 0. The molecule has 24 heavy (non-hydrogen) atoms. The van der Waals surface area contributed by atoms with Crippen LogP contribution >= 0.6 is 12.0 Å². The van der Waals surface area contributed by atoms with Crippen LogP contribution in [0.2, 0.25) is 0 Å². The molecule has 0 bridgehead atoms. The molecule has 0 aliphatic heterocycles. The van der Waals surface area contributed by atoms with Gasteiger partial charge >= 0.3 is 11.9 Å². The molecule has 142 valence electrons. The highest BCUT2D eigenvalue weighted by atomic mass is 32.2. The number of rotatable bonds is 14. The van der Waals surface area contributed by atoms with Crippen LogP contribution in [-0.2, 0) is 28.4 Å². The molecule has 0 spiro atoms. The molecule has 0 aromatic carbocycles. The Labute approximate surface area is 148 Å². The highest BCUT2D eigenvalue weighted by molar-refractivity contribution is 7.95. The number of esters is 2. The second kappa shape index (κ2) is 14.5.